The molecule has 1 aromatic heterocycles. The van der Waals surface area contributed by atoms with Gasteiger partial charge in [-0.1, -0.05) is 18.6 Å². The van der Waals surface area contributed by atoms with E-state index < -0.39 is 17.2 Å². The fraction of sp³-hybridized carbons (Fsp3) is 0.444. The van der Waals surface area contributed by atoms with E-state index in [0.29, 0.717) is 17.3 Å². The van der Waals surface area contributed by atoms with Gasteiger partial charge in [0.05, 0.1) is 29.3 Å². The van der Waals surface area contributed by atoms with Crippen LogP contribution in [0.3, 0.4) is 0 Å². The van der Waals surface area contributed by atoms with E-state index in [4.69, 9.17) is 10.00 Å². The van der Waals surface area contributed by atoms with Crippen LogP contribution in [0.1, 0.15) is 32.1 Å². The van der Waals surface area contributed by atoms with Gasteiger partial charge in [0.2, 0.25) is 0 Å². The average Bonchev–Trinajstić information content (AvgIpc) is 2.62. The SMILES string of the molecule is N#CC1CCCCC1OC(=O)CCn1c(=O)[nH]c(=O)c2ccccc21. The first kappa shape index (κ1) is 17.0. The van der Waals surface area contributed by atoms with E-state index in [1.165, 1.54) is 4.57 Å². The Morgan fingerprint density at radius 2 is 2.04 bits per heavy atom. The Labute approximate surface area is 143 Å². The van der Waals surface area contributed by atoms with Gasteiger partial charge in [0.15, 0.2) is 0 Å². The molecule has 0 spiro atoms. The number of nitrogens with zero attached hydrogens (tertiary/aromatic N) is 2. The van der Waals surface area contributed by atoms with Crippen molar-refractivity contribution >= 4 is 16.9 Å². The number of fused-ring (bicyclic) bond motifs is 1. The zero-order valence-electron chi connectivity index (χ0n) is 13.7. The van der Waals surface area contributed by atoms with Crippen LogP contribution in [0, 0.1) is 17.2 Å². The van der Waals surface area contributed by atoms with Crippen molar-refractivity contribution in [2.24, 2.45) is 5.92 Å². The molecule has 130 valence electrons. The summed E-state index contributed by atoms with van der Waals surface area (Å²) in [4.78, 5) is 38.3. The first-order valence-electron chi connectivity index (χ1n) is 8.41. The number of aromatic nitrogens is 2. The molecule has 1 heterocycles. The van der Waals surface area contributed by atoms with Crippen LogP contribution in [-0.4, -0.2) is 21.6 Å². The highest BCUT2D eigenvalue weighted by atomic mass is 16.5. The molecule has 7 heteroatoms. The summed E-state index contributed by atoms with van der Waals surface area (Å²) >= 11 is 0. The summed E-state index contributed by atoms with van der Waals surface area (Å²) in [5, 5.41) is 9.54. The molecule has 7 nitrogen and oxygen atoms in total. The Morgan fingerprint density at radius 1 is 1.28 bits per heavy atom. The molecule has 2 aromatic rings. The van der Waals surface area contributed by atoms with Gasteiger partial charge in [-0.25, -0.2) is 4.79 Å². The highest BCUT2D eigenvalue weighted by molar-refractivity contribution is 5.78. The lowest BCUT2D eigenvalue weighted by molar-refractivity contribution is -0.152. The van der Waals surface area contributed by atoms with Crippen molar-refractivity contribution in [3.63, 3.8) is 0 Å². The third-order valence-corrected chi connectivity index (χ3v) is 4.60. The molecule has 2 unspecified atom stereocenters. The smallest absolute Gasteiger partial charge is 0.328 e. The van der Waals surface area contributed by atoms with Crippen molar-refractivity contribution < 1.29 is 9.53 Å². The van der Waals surface area contributed by atoms with Gasteiger partial charge in [0.25, 0.3) is 5.56 Å². The number of para-hydroxylation sites is 1. The minimum absolute atomic E-state index is 0.00456. The highest BCUT2D eigenvalue weighted by Gasteiger charge is 2.28. The molecule has 1 aliphatic carbocycles. The second-order valence-corrected chi connectivity index (χ2v) is 6.23. The van der Waals surface area contributed by atoms with E-state index in [9.17, 15) is 14.4 Å². The van der Waals surface area contributed by atoms with Crippen LogP contribution in [0.5, 0.6) is 0 Å². The minimum atomic E-state index is -0.552. The molecule has 1 fully saturated rings. The lowest BCUT2D eigenvalue weighted by Crippen LogP contribution is -2.32. The quantitative estimate of drug-likeness (QED) is 0.852. The number of aryl methyl sites for hydroxylation is 1. The Hall–Kier alpha value is -2.88. The summed E-state index contributed by atoms with van der Waals surface area (Å²) < 4.78 is 6.81. The maximum atomic E-state index is 12.1. The monoisotopic (exact) mass is 341 g/mol. The van der Waals surface area contributed by atoms with Crippen LogP contribution in [0.25, 0.3) is 10.9 Å². The first-order valence-corrected chi connectivity index (χ1v) is 8.41. The van der Waals surface area contributed by atoms with Crippen molar-refractivity contribution in [1.29, 1.82) is 5.26 Å². The molecule has 0 saturated heterocycles. The maximum Gasteiger partial charge on any atom is 0.328 e. The van der Waals surface area contributed by atoms with E-state index in [1.54, 1.807) is 24.3 Å². The Morgan fingerprint density at radius 3 is 2.84 bits per heavy atom. The molecule has 1 aliphatic rings. The third kappa shape index (κ3) is 3.63. The standard InChI is InChI=1S/C18H19N3O4/c19-11-12-5-1-4-8-15(12)25-16(22)9-10-21-14-7-3-2-6-13(14)17(23)20-18(21)24/h2-3,6-7,12,15H,1,4-5,8-10H2,(H,20,23,24). The maximum absolute atomic E-state index is 12.1. The molecule has 25 heavy (non-hydrogen) atoms. The number of carbonyl (C=O) groups excluding carboxylic acids is 1. The van der Waals surface area contributed by atoms with Crippen LogP contribution in [0.2, 0.25) is 0 Å². The molecular weight excluding hydrogens is 322 g/mol. The summed E-state index contributed by atoms with van der Waals surface area (Å²) in [6.07, 6.45) is 3.01. The summed E-state index contributed by atoms with van der Waals surface area (Å²) in [5.74, 6) is -0.691. The van der Waals surface area contributed by atoms with Gasteiger partial charge in [-0.3, -0.25) is 19.1 Å². The van der Waals surface area contributed by atoms with Crippen molar-refractivity contribution in [2.75, 3.05) is 0 Å². The van der Waals surface area contributed by atoms with Gasteiger partial charge in [0, 0.05) is 6.54 Å². The number of benzene rings is 1. The van der Waals surface area contributed by atoms with E-state index in [1.807, 2.05) is 0 Å². The van der Waals surface area contributed by atoms with Gasteiger partial charge in [-0.2, -0.15) is 5.26 Å². The Balaban J connectivity index is 1.73. The second kappa shape index (κ2) is 7.34. The molecule has 0 bridgehead atoms. The van der Waals surface area contributed by atoms with Crippen molar-refractivity contribution in [2.45, 2.75) is 44.8 Å². The normalized spacial score (nSPS) is 20.1. The average molecular weight is 341 g/mol. The fourth-order valence-electron chi connectivity index (χ4n) is 3.28. The van der Waals surface area contributed by atoms with Gasteiger partial charge in [-0.15, -0.1) is 0 Å². The van der Waals surface area contributed by atoms with Crippen LogP contribution in [-0.2, 0) is 16.1 Å². The highest BCUT2D eigenvalue weighted by Crippen LogP contribution is 2.26. The molecule has 0 radical (unpaired) electrons. The number of nitrogens with one attached hydrogen (secondary N) is 1. The van der Waals surface area contributed by atoms with Gasteiger partial charge in [-0.05, 0) is 31.4 Å². The number of carbonyl (C=O) groups is 1. The van der Waals surface area contributed by atoms with Gasteiger partial charge >= 0.3 is 11.7 Å². The van der Waals surface area contributed by atoms with Crippen molar-refractivity contribution in [3.8, 4) is 6.07 Å². The van der Waals surface area contributed by atoms with Gasteiger partial charge in [0.1, 0.15) is 6.10 Å². The predicted octanol–water partition coefficient (Wildman–Crippen LogP) is 1.71. The largest absolute Gasteiger partial charge is 0.461 e. The van der Waals surface area contributed by atoms with Crippen LogP contribution in [0.4, 0.5) is 0 Å². The Kier molecular flexibility index (Phi) is 4.98. The molecule has 0 amide bonds. The van der Waals surface area contributed by atoms with E-state index in [-0.39, 0.29) is 25.0 Å². The topological polar surface area (TPSA) is 105 Å². The molecule has 1 aromatic carbocycles. The van der Waals surface area contributed by atoms with Crippen LogP contribution in [0.15, 0.2) is 33.9 Å². The second-order valence-electron chi connectivity index (χ2n) is 6.23. The lowest BCUT2D eigenvalue weighted by atomic mass is 9.87. The summed E-state index contributed by atoms with van der Waals surface area (Å²) in [5.41, 5.74) is -0.515. The first-order chi connectivity index (χ1) is 12.1. The Bertz CT molecular complexity index is 938. The molecule has 1 N–H and O–H groups in total. The predicted molar refractivity (Wildman–Crippen MR) is 90.9 cm³/mol. The number of H-pyrrole nitrogens is 1. The molecular formula is C18H19N3O4. The third-order valence-electron chi connectivity index (χ3n) is 4.60. The number of rotatable bonds is 4. The van der Waals surface area contributed by atoms with Crippen LogP contribution >= 0.6 is 0 Å². The summed E-state index contributed by atoms with van der Waals surface area (Å²) in [6, 6.07) is 8.94. The number of hydrogen-bond donors (Lipinski definition) is 1. The molecule has 2 atom stereocenters. The number of nitriles is 1. The number of hydrogen-bond acceptors (Lipinski definition) is 5. The van der Waals surface area contributed by atoms with E-state index in [0.717, 1.165) is 19.3 Å². The number of esters is 1. The summed E-state index contributed by atoms with van der Waals surface area (Å²) in [6.45, 7) is 0.110. The molecule has 0 aliphatic heterocycles. The van der Waals surface area contributed by atoms with Crippen molar-refractivity contribution in [3.05, 3.63) is 45.1 Å². The molecule has 1 saturated carbocycles. The molecule has 3 rings (SSSR count). The zero-order chi connectivity index (χ0) is 17.8. The van der Waals surface area contributed by atoms with Gasteiger partial charge < -0.3 is 4.74 Å². The summed E-state index contributed by atoms with van der Waals surface area (Å²) in [7, 11) is 0. The van der Waals surface area contributed by atoms with E-state index >= 15 is 0 Å². The number of aromatic amines is 1. The van der Waals surface area contributed by atoms with Crippen LogP contribution < -0.4 is 11.2 Å². The number of ether oxygens (including phenoxy) is 1. The minimum Gasteiger partial charge on any atom is -0.461 e. The zero-order valence-corrected chi connectivity index (χ0v) is 13.7. The fourth-order valence-corrected chi connectivity index (χ4v) is 3.28. The lowest BCUT2D eigenvalue weighted by Gasteiger charge is -2.26. The van der Waals surface area contributed by atoms with E-state index in [2.05, 4.69) is 11.1 Å². The van der Waals surface area contributed by atoms with Crippen molar-refractivity contribution in [1.82, 2.24) is 9.55 Å².